The van der Waals surface area contributed by atoms with Gasteiger partial charge in [-0.3, -0.25) is 4.79 Å². The highest BCUT2D eigenvalue weighted by atomic mass is 32.1. The van der Waals surface area contributed by atoms with Gasteiger partial charge in [0.05, 0.1) is 30.9 Å². The monoisotopic (exact) mass is 344 g/mol. The molecule has 0 bridgehead atoms. The highest BCUT2D eigenvalue weighted by molar-refractivity contribution is 7.13. The first-order valence-corrected chi connectivity index (χ1v) is 9.32. The van der Waals surface area contributed by atoms with E-state index >= 15 is 0 Å². The second kappa shape index (κ2) is 6.94. The van der Waals surface area contributed by atoms with Crippen LogP contribution in [0.4, 0.5) is 0 Å². The number of rotatable bonds is 3. The van der Waals surface area contributed by atoms with Crippen molar-refractivity contribution < 1.29 is 9.53 Å². The van der Waals surface area contributed by atoms with Crippen molar-refractivity contribution >= 4 is 17.2 Å². The van der Waals surface area contributed by atoms with E-state index in [0.717, 1.165) is 23.5 Å². The Bertz CT molecular complexity index is 704. The number of carbonyl (C=O) groups is 1. The van der Waals surface area contributed by atoms with Crippen molar-refractivity contribution in [1.29, 1.82) is 0 Å². The van der Waals surface area contributed by atoms with Gasteiger partial charge in [-0.1, -0.05) is 12.8 Å². The van der Waals surface area contributed by atoms with Crippen LogP contribution in [-0.4, -0.2) is 51.1 Å². The fourth-order valence-corrected chi connectivity index (χ4v) is 4.33. The van der Waals surface area contributed by atoms with Crippen LogP contribution >= 0.6 is 11.3 Å². The van der Waals surface area contributed by atoms with Gasteiger partial charge < -0.3 is 9.64 Å². The third-order valence-electron chi connectivity index (χ3n) is 4.69. The second-order valence-corrected chi connectivity index (χ2v) is 7.10. The molecule has 1 saturated heterocycles. The fourth-order valence-electron chi connectivity index (χ4n) is 3.56. The molecule has 0 N–H and O–H groups in total. The van der Waals surface area contributed by atoms with Gasteiger partial charge in [-0.05, 0) is 18.9 Å². The van der Waals surface area contributed by atoms with Gasteiger partial charge in [0.15, 0.2) is 10.8 Å². The minimum Gasteiger partial charge on any atom is -0.374 e. The molecule has 2 aromatic rings. The third kappa shape index (κ3) is 3.18. The van der Waals surface area contributed by atoms with Gasteiger partial charge in [0, 0.05) is 24.3 Å². The summed E-state index contributed by atoms with van der Waals surface area (Å²) in [7, 11) is 0. The molecule has 0 aromatic carbocycles. The summed E-state index contributed by atoms with van der Waals surface area (Å²) in [5, 5.41) is 2.69. The first kappa shape index (κ1) is 15.7. The van der Waals surface area contributed by atoms with Gasteiger partial charge in [-0.2, -0.15) is 0 Å². The Balaban J connectivity index is 1.45. The molecule has 0 radical (unpaired) electrons. The average molecular weight is 344 g/mol. The van der Waals surface area contributed by atoms with Gasteiger partial charge in [0.2, 0.25) is 5.91 Å². The summed E-state index contributed by atoms with van der Waals surface area (Å²) < 4.78 is 5.85. The molecule has 1 aliphatic heterocycles. The molecule has 24 heavy (non-hydrogen) atoms. The maximum Gasteiger partial charge on any atom is 0.229 e. The Hall–Kier alpha value is -1.86. The van der Waals surface area contributed by atoms with Crippen molar-refractivity contribution in [2.75, 3.05) is 13.2 Å². The van der Waals surface area contributed by atoms with Crippen LogP contribution in [0.25, 0.3) is 10.8 Å². The largest absolute Gasteiger partial charge is 0.374 e. The number of nitrogens with zero attached hydrogens (tertiary/aromatic N) is 4. The number of carbonyl (C=O) groups excluding carboxylic acids is 1. The zero-order chi connectivity index (χ0) is 16.4. The van der Waals surface area contributed by atoms with Crippen LogP contribution < -0.4 is 0 Å². The molecule has 0 unspecified atom stereocenters. The first-order chi connectivity index (χ1) is 11.8. The van der Waals surface area contributed by atoms with Crippen LogP contribution in [0.15, 0.2) is 23.8 Å². The van der Waals surface area contributed by atoms with E-state index in [4.69, 9.17) is 4.74 Å². The summed E-state index contributed by atoms with van der Waals surface area (Å²) in [5.41, 5.74) is 0.798. The Kier molecular flexibility index (Phi) is 4.53. The van der Waals surface area contributed by atoms with Gasteiger partial charge >= 0.3 is 0 Å². The summed E-state index contributed by atoms with van der Waals surface area (Å²) in [6, 6.07) is 2.02. The fraction of sp³-hybridized carbons (Fsp3) is 0.529. The lowest BCUT2D eigenvalue weighted by Gasteiger charge is -2.43. The Morgan fingerprint density at radius 2 is 2.12 bits per heavy atom. The zero-order valence-electron chi connectivity index (χ0n) is 13.4. The van der Waals surface area contributed by atoms with Crippen LogP contribution in [0.3, 0.4) is 0 Å². The predicted octanol–water partition coefficient (Wildman–Crippen LogP) is 2.31. The quantitative estimate of drug-likeness (QED) is 0.855. The van der Waals surface area contributed by atoms with Crippen LogP contribution in [0.5, 0.6) is 0 Å². The maximum absolute atomic E-state index is 12.8. The second-order valence-electron chi connectivity index (χ2n) is 6.24. The molecule has 7 heteroatoms. The van der Waals surface area contributed by atoms with E-state index in [2.05, 4.69) is 15.0 Å². The van der Waals surface area contributed by atoms with Crippen molar-refractivity contribution in [1.82, 2.24) is 19.9 Å². The van der Waals surface area contributed by atoms with E-state index in [-0.39, 0.29) is 18.1 Å². The lowest BCUT2D eigenvalue weighted by molar-refractivity contribution is -0.148. The summed E-state index contributed by atoms with van der Waals surface area (Å²) in [6.45, 7) is 1.34. The van der Waals surface area contributed by atoms with E-state index in [1.807, 2.05) is 10.3 Å². The number of morpholine rings is 1. The summed E-state index contributed by atoms with van der Waals surface area (Å²) in [4.78, 5) is 27.7. The van der Waals surface area contributed by atoms with Gasteiger partial charge in [-0.25, -0.2) is 15.0 Å². The molecule has 6 nitrogen and oxygen atoms in total. The van der Waals surface area contributed by atoms with Crippen molar-refractivity contribution in [3.05, 3.63) is 29.5 Å². The minimum atomic E-state index is 0.154. The van der Waals surface area contributed by atoms with E-state index in [9.17, 15) is 4.79 Å². The third-order valence-corrected chi connectivity index (χ3v) is 5.58. The molecule has 4 rings (SSSR count). The Labute approximate surface area is 144 Å². The molecule has 1 saturated carbocycles. The molecule has 3 heterocycles. The molecule has 126 valence electrons. The van der Waals surface area contributed by atoms with Crippen molar-refractivity contribution in [2.24, 2.45) is 0 Å². The number of fused-ring (bicyclic) bond motifs is 1. The molecular weight excluding hydrogens is 324 g/mol. The average Bonchev–Trinajstić information content (AvgIpc) is 3.10. The standard InChI is InChI=1S/C17H20N4O2S/c22-15(21-8-9-23-14-5-2-1-4-13(14)21)10-12-11-24-17(20-12)16-18-6-3-7-19-16/h3,6-7,11,13-14H,1-2,4-5,8-10H2/t13-,14-/m1/s1. The zero-order valence-corrected chi connectivity index (χ0v) is 14.2. The smallest absolute Gasteiger partial charge is 0.229 e. The summed E-state index contributed by atoms with van der Waals surface area (Å²) in [6.07, 6.45) is 8.47. The van der Waals surface area contributed by atoms with Crippen molar-refractivity contribution in [3.8, 4) is 10.8 Å². The number of aromatic nitrogens is 3. The number of thiazole rings is 1. The van der Waals surface area contributed by atoms with Gasteiger partial charge in [-0.15, -0.1) is 11.3 Å². The van der Waals surface area contributed by atoms with E-state index < -0.39 is 0 Å². The SMILES string of the molecule is O=C(Cc1csc(-c2ncccn2)n1)N1CCO[C@@H]2CCCC[C@H]21. The highest BCUT2D eigenvalue weighted by Gasteiger charge is 2.36. The molecule has 1 aliphatic carbocycles. The summed E-state index contributed by atoms with van der Waals surface area (Å²) >= 11 is 1.48. The first-order valence-electron chi connectivity index (χ1n) is 8.44. The number of ether oxygens (including phenoxy) is 1. The molecule has 2 aromatic heterocycles. The summed E-state index contributed by atoms with van der Waals surface area (Å²) in [5.74, 6) is 0.765. The van der Waals surface area contributed by atoms with E-state index in [0.29, 0.717) is 25.4 Å². The molecular formula is C17H20N4O2S. The van der Waals surface area contributed by atoms with Crippen LogP contribution in [0.1, 0.15) is 31.4 Å². The molecule has 2 atom stereocenters. The number of hydrogen-bond acceptors (Lipinski definition) is 6. The molecule has 1 amide bonds. The predicted molar refractivity (Wildman–Crippen MR) is 90.6 cm³/mol. The lowest BCUT2D eigenvalue weighted by Crippen LogP contribution is -2.55. The van der Waals surface area contributed by atoms with Crippen LogP contribution in [0, 0.1) is 0 Å². The maximum atomic E-state index is 12.8. The Morgan fingerprint density at radius 1 is 1.29 bits per heavy atom. The van der Waals surface area contributed by atoms with Crippen molar-refractivity contribution in [2.45, 2.75) is 44.2 Å². The topological polar surface area (TPSA) is 68.2 Å². The van der Waals surface area contributed by atoms with Crippen LogP contribution in [0.2, 0.25) is 0 Å². The molecule has 2 aliphatic rings. The lowest BCUT2D eigenvalue weighted by atomic mass is 9.90. The van der Waals surface area contributed by atoms with Gasteiger partial charge in [0.25, 0.3) is 0 Å². The Morgan fingerprint density at radius 3 is 3.00 bits per heavy atom. The highest BCUT2D eigenvalue weighted by Crippen LogP contribution is 2.29. The minimum absolute atomic E-state index is 0.154. The van der Waals surface area contributed by atoms with Crippen molar-refractivity contribution in [3.63, 3.8) is 0 Å². The van der Waals surface area contributed by atoms with E-state index in [1.54, 1.807) is 18.5 Å². The molecule has 0 spiro atoms. The normalized spacial score (nSPS) is 23.8. The van der Waals surface area contributed by atoms with Crippen LogP contribution in [-0.2, 0) is 16.0 Å². The molecule has 2 fully saturated rings. The number of amides is 1. The van der Waals surface area contributed by atoms with Gasteiger partial charge in [0.1, 0.15) is 0 Å². The number of hydrogen-bond donors (Lipinski definition) is 0. The van der Waals surface area contributed by atoms with E-state index in [1.165, 1.54) is 24.2 Å².